The highest BCUT2D eigenvalue weighted by Gasteiger charge is 2.14. The van der Waals surface area contributed by atoms with Gasteiger partial charge in [-0.25, -0.2) is 4.98 Å². The van der Waals surface area contributed by atoms with Gasteiger partial charge in [0.15, 0.2) is 0 Å². The zero-order valence-corrected chi connectivity index (χ0v) is 16.6. The number of halogens is 2. The van der Waals surface area contributed by atoms with Crippen LogP contribution in [-0.4, -0.2) is 35.7 Å². The lowest BCUT2D eigenvalue weighted by Gasteiger charge is -2.12. The van der Waals surface area contributed by atoms with E-state index in [1.54, 1.807) is 0 Å². The van der Waals surface area contributed by atoms with Gasteiger partial charge < -0.3 is 14.6 Å². The molecule has 0 bridgehead atoms. The number of aromatic nitrogens is 2. The molecule has 0 aliphatic heterocycles. The number of nitrogens with zero attached hydrogens (tertiary/aromatic N) is 2. The number of fused-ring (bicyclic) bond motifs is 1. The van der Waals surface area contributed by atoms with E-state index in [-0.39, 0.29) is 12.5 Å². The maximum Gasteiger partial charge on any atom is 0.245 e. The predicted molar refractivity (Wildman–Crippen MR) is 109 cm³/mol. The van der Waals surface area contributed by atoms with Crippen molar-refractivity contribution in [2.75, 3.05) is 20.3 Å². The first-order valence-corrected chi connectivity index (χ1v) is 9.48. The van der Waals surface area contributed by atoms with Gasteiger partial charge in [-0.1, -0.05) is 41.4 Å². The van der Waals surface area contributed by atoms with Crippen LogP contribution in [0.4, 0.5) is 0 Å². The number of carbonyl (C=O) groups excluding carboxylic acids is 1. The Morgan fingerprint density at radius 2 is 1.89 bits per heavy atom. The van der Waals surface area contributed by atoms with Crippen LogP contribution in [0, 0.1) is 0 Å². The van der Waals surface area contributed by atoms with Crippen LogP contribution in [0.2, 0.25) is 10.0 Å². The number of hydrogen-bond acceptors (Lipinski definition) is 3. The molecule has 0 fully saturated rings. The normalized spacial score (nSPS) is 11.1. The summed E-state index contributed by atoms with van der Waals surface area (Å²) in [5.74, 6) is 0.821. The Bertz CT molecular complexity index is 920. The van der Waals surface area contributed by atoms with Gasteiger partial charge in [0.25, 0.3) is 0 Å². The van der Waals surface area contributed by atoms with Crippen LogP contribution in [0.5, 0.6) is 0 Å². The minimum atomic E-state index is -0.117. The van der Waals surface area contributed by atoms with Crippen molar-refractivity contribution in [1.82, 2.24) is 14.9 Å². The molecule has 1 heterocycles. The van der Waals surface area contributed by atoms with Gasteiger partial charge in [0.1, 0.15) is 12.4 Å². The predicted octanol–water partition coefficient (Wildman–Crippen LogP) is 4.09. The van der Waals surface area contributed by atoms with Gasteiger partial charge in [-0.3, -0.25) is 4.79 Å². The maximum absolute atomic E-state index is 11.5. The van der Waals surface area contributed by atoms with E-state index in [1.807, 2.05) is 42.5 Å². The summed E-state index contributed by atoms with van der Waals surface area (Å²) in [6.45, 7) is 1.19. The second kappa shape index (κ2) is 9.22. The molecule has 0 saturated carbocycles. The highest BCUT2D eigenvalue weighted by Crippen LogP contribution is 2.27. The average Bonchev–Trinajstić information content (AvgIpc) is 3.00. The Kier molecular flexibility index (Phi) is 6.72. The number of imidazole rings is 1. The van der Waals surface area contributed by atoms with Crippen LogP contribution in [0.1, 0.15) is 17.8 Å². The standard InChI is InChI=1S/C20H21Cl2N3O2/c1-27-13-20(26)23-11-5-10-19-24-17-8-2-3-9-18(17)25(19)12-14-15(21)6-4-7-16(14)22/h2-4,6-9H,5,10-13H2,1H3,(H,23,26). The Labute approximate surface area is 168 Å². The molecule has 0 aliphatic carbocycles. The van der Waals surface area contributed by atoms with Gasteiger partial charge in [0, 0.05) is 35.7 Å². The first-order valence-electron chi connectivity index (χ1n) is 8.73. The third-order valence-electron chi connectivity index (χ3n) is 4.29. The number of rotatable bonds is 8. The average molecular weight is 406 g/mol. The summed E-state index contributed by atoms with van der Waals surface area (Å²) in [5.41, 5.74) is 2.84. The fraction of sp³-hybridized carbons (Fsp3) is 0.300. The van der Waals surface area contributed by atoms with Crippen LogP contribution in [-0.2, 0) is 22.5 Å². The van der Waals surface area contributed by atoms with Crippen molar-refractivity contribution in [1.29, 1.82) is 0 Å². The van der Waals surface area contributed by atoms with Gasteiger partial charge >= 0.3 is 0 Å². The quantitative estimate of drug-likeness (QED) is 0.574. The summed E-state index contributed by atoms with van der Waals surface area (Å²) in [7, 11) is 1.50. The Morgan fingerprint density at radius 1 is 1.15 bits per heavy atom. The van der Waals surface area contributed by atoms with Crippen LogP contribution in [0.25, 0.3) is 11.0 Å². The van der Waals surface area contributed by atoms with Gasteiger partial charge in [-0.15, -0.1) is 0 Å². The number of benzene rings is 2. The van der Waals surface area contributed by atoms with Crippen LogP contribution < -0.4 is 5.32 Å². The van der Waals surface area contributed by atoms with E-state index in [2.05, 4.69) is 9.88 Å². The molecule has 0 spiro atoms. The van der Waals surface area contributed by atoms with E-state index in [0.717, 1.165) is 35.3 Å². The molecule has 0 radical (unpaired) electrons. The molecule has 0 unspecified atom stereocenters. The highest BCUT2D eigenvalue weighted by atomic mass is 35.5. The number of aryl methyl sites for hydroxylation is 1. The van der Waals surface area contributed by atoms with Crippen molar-refractivity contribution < 1.29 is 9.53 Å². The summed E-state index contributed by atoms with van der Waals surface area (Å²) in [6, 6.07) is 13.5. The van der Waals surface area contributed by atoms with E-state index in [9.17, 15) is 4.79 Å². The summed E-state index contributed by atoms with van der Waals surface area (Å²) in [5, 5.41) is 4.11. The largest absolute Gasteiger partial charge is 0.375 e. The van der Waals surface area contributed by atoms with Crippen molar-refractivity contribution in [3.63, 3.8) is 0 Å². The summed E-state index contributed by atoms with van der Waals surface area (Å²) in [4.78, 5) is 16.3. The van der Waals surface area contributed by atoms with Gasteiger partial charge in [0.05, 0.1) is 17.6 Å². The lowest BCUT2D eigenvalue weighted by atomic mass is 10.2. The van der Waals surface area contributed by atoms with Crippen molar-refractivity contribution in [3.8, 4) is 0 Å². The van der Waals surface area contributed by atoms with E-state index in [1.165, 1.54) is 7.11 Å². The molecule has 1 aromatic heterocycles. The van der Waals surface area contributed by atoms with Crippen LogP contribution in [0.3, 0.4) is 0 Å². The number of ether oxygens (including phenoxy) is 1. The molecule has 0 aliphatic rings. The molecule has 1 amide bonds. The molecule has 3 rings (SSSR count). The molecule has 142 valence electrons. The van der Waals surface area contributed by atoms with Gasteiger partial charge in [0.2, 0.25) is 5.91 Å². The number of para-hydroxylation sites is 2. The molecule has 1 N–H and O–H groups in total. The highest BCUT2D eigenvalue weighted by molar-refractivity contribution is 6.36. The van der Waals surface area contributed by atoms with E-state index < -0.39 is 0 Å². The molecule has 27 heavy (non-hydrogen) atoms. The third kappa shape index (κ3) is 4.80. The zero-order valence-electron chi connectivity index (χ0n) is 15.0. The van der Waals surface area contributed by atoms with Crippen molar-refractivity contribution in [3.05, 3.63) is 63.9 Å². The Morgan fingerprint density at radius 3 is 2.63 bits per heavy atom. The van der Waals surface area contributed by atoms with E-state index in [4.69, 9.17) is 32.9 Å². The fourth-order valence-electron chi connectivity index (χ4n) is 2.99. The molecule has 3 aromatic rings. The Balaban J connectivity index is 1.81. The fourth-order valence-corrected chi connectivity index (χ4v) is 3.51. The topological polar surface area (TPSA) is 56.1 Å². The van der Waals surface area contributed by atoms with Crippen LogP contribution >= 0.6 is 23.2 Å². The van der Waals surface area contributed by atoms with Crippen LogP contribution in [0.15, 0.2) is 42.5 Å². The smallest absolute Gasteiger partial charge is 0.245 e. The Hall–Kier alpha value is -2.08. The lowest BCUT2D eigenvalue weighted by Crippen LogP contribution is -2.28. The molecular formula is C20H21Cl2N3O2. The van der Waals surface area contributed by atoms with E-state index in [0.29, 0.717) is 23.1 Å². The lowest BCUT2D eigenvalue weighted by molar-refractivity contribution is -0.124. The second-order valence-corrected chi connectivity index (χ2v) is 7.00. The van der Waals surface area contributed by atoms with E-state index >= 15 is 0 Å². The molecule has 7 heteroatoms. The zero-order chi connectivity index (χ0) is 19.2. The maximum atomic E-state index is 11.5. The number of hydrogen-bond donors (Lipinski definition) is 1. The monoisotopic (exact) mass is 405 g/mol. The minimum Gasteiger partial charge on any atom is -0.375 e. The number of carbonyl (C=O) groups is 1. The molecule has 0 saturated heterocycles. The van der Waals surface area contributed by atoms with Crippen molar-refractivity contribution >= 4 is 40.1 Å². The number of methoxy groups -OCH3 is 1. The molecule has 5 nitrogen and oxygen atoms in total. The first kappa shape index (κ1) is 19.7. The first-order chi connectivity index (χ1) is 13.1. The second-order valence-electron chi connectivity index (χ2n) is 6.19. The van der Waals surface area contributed by atoms with Crippen molar-refractivity contribution in [2.24, 2.45) is 0 Å². The summed E-state index contributed by atoms with van der Waals surface area (Å²) in [6.07, 6.45) is 1.50. The third-order valence-corrected chi connectivity index (χ3v) is 4.99. The minimum absolute atomic E-state index is 0.0729. The summed E-state index contributed by atoms with van der Waals surface area (Å²) >= 11 is 12.7. The number of amides is 1. The molecule has 2 aromatic carbocycles. The number of nitrogens with one attached hydrogen (secondary N) is 1. The SMILES string of the molecule is COCC(=O)NCCCc1nc2ccccc2n1Cc1c(Cl)cccc1Cl. The summed E-state index contributed by atoms with van der Waals surface area (Å²) < 4.78 is 6.95. The van der Waals surface area contributed by atoms with Crippen molar-refractivity contribution in [2.45, 2.75) is 19.4 Å². The molecule has 0 atom stereocenters. The van der Waals surface area contributed by atoms with Gasteiger partial charge in [-0.2, -0.15) is 0 Å². The molecular weight excluding hydrogens is 385 g/mol. The van der Waals surface area contributed by atoms with Gasteiger partial charge in [-0.05, 0) is 30.7 Å².